The predicted molar refractivity (Wildman–Crippen MR) is 140 cm³/mol. The average molecular weight is 536 g/mol. The summed E-state index contributed by atoms with van der Waals surface area (Å²) in [6.07, 6.45) is 2.69. The number of methoxy groups -OCH3 is 2. The van der Waals surface area contributed by atoms with E-state index in [-0.39, 0.29) is 33.8 Å². The van der Waals surface area contributed by atoms with Gasteiger partial charge in [0.1, 0.15) is 34.8 Å². The Kier molecular flexibility index (Phi) is 9.65. The van der Waals surface area contributed by atoms with Crippen LogP contribution < -0.4 is 9.47 Å². The number of nitriles is 2. The molecule has 0 amide bonds. The number of hydrogen-bond acceptors (Lipinski definition) is 10. The van der Waals surface area contributed by atoms with Crippen LogP contribution in [-0.4, -0.2) is 38.1 Å². The number of rotatable bonds is 8. The minimum atomic E-state index is -0.761. The molecule has 0 radical (unpaired) electrons. The summed E-state index contributed by atoms with van der Waals surface area (Å²) in [7, 11) is 2.35. The van der Waals surface area contributed by atoms with E-state index >= 15 is 0 Å². The number of carbonyl (C=O) groups is 4. The molecule has 3 aromatic rings. The largest absolute Gasteiger partial charge is 0.465 e. The van der Waals surface area contributed by atoms with E-state index in [1.165, 1.54) is 74.9 Å². The lowest BCUT2D eigenvalue weighted by Gasteiger charge is -2.07. The van der Waals surface area contributed by atoms with E-state index in [1.807, 2.05) is 0 Å². The normalized spacial score (nSPS) is 10.9. The molecule has 3 rings (SSSR count). The molecular weight excluding hydrogens is 516 g/mol. The van der Waals surface area contributed by atoms with Crippen LogP contribution in [0.1, 0.15) is 31.8 Å². The second-order valence-corrected chi connectivity index (χ2v) is 7.82. The molecule has 10 nitrogen and oxygen atoms in total. The summed E-state index contributed by atoms with van der Waals surface area (Å²) in [4.78, 5) is 48.1. The molecular formula is C30H20N2O8. The van der Waals surface area contributed by atoms with Gasteiger partial charge in [0.25, 0.3) is 0 Å². The molecule has 0 unspecified atom stereocenters. The van der Waals surface area contributed by atoms with Crippen LogP contribution in [0, 0.1) is 22.7 Å². The molecule has 40 heavy (non-hydrogen) atoms. The fourth-order valence-corrected chi connectivity index (χ4v) is 3.17. The molecule has 0 aromatic heterocycles. The standard InChI is InChI=1S/C30H20N2O8/c1-37-27(33)23(17-31)15-19-3-11-25(12-4-19)39-29(35)21-7-9-22(10-8-21)30(36)40-26-13-5-20(6-14-26)16-24(18-32)28(34)38-2/h3-16H,1-2H3/b23-15+,24-16+. The first kappa shape index (κ1) is 28.6. The third kappa shape index (κ3) is 7.51. The van der Waals surface area contributed by atoms with Crippen molar-refractivity contribution in [2.75, 3.05) is 14.2 Å². The molecule has 0 atom stereocenters. The summed E-state index contributed by atoms with van der Waals surface area (Å²) in [5.41, 5.74) is 1.09. The quantitative estimate of drug-likeness (QED) is 0.176. The summed E-state index contributed by atoms with van der Waals surface area (Å²) >= 11 is 0. The molecule has 0 aliphatic heterocycles. The molecule has 0 spiro atoms. The predicted octanol–water partition coefficient (Wildman–Crippen LogP) is 4.28. The molecule has 0 heterocycles. The Morgan fingerprint density at radius 3 is 1.18 bits per heavy atom. The van der Waals surface area contributed by atoms with Gasteiger partial charge in [-0.3, -0.25) is 0 Å². The van der Waals surface area contributed by atoms with Gasteiger partial charge in [0.15, 0.2) is 0 Å². The van der Waals surface area contributed by atoms with Crippen LogP contribution in [0.5, 0.6) is 11.5 Å². The van der Waals surface area contributed by atoms with Crippen molar-refractivity contribution < 1.29 is 38.1 Å². The number of esters is 4. The van der Waals surface area contributed by atoms with Crippen LogP contribution in [0.4, 0.5) is 0 Å². The number of ether oxygens (including phenoxy) is 4. The SMILES string of the molecule is COC(=O)/C(C#N)=C/c1ccc(OC(=O)c2ccc(C(=O)Oc3ccc(/C=C(\C#N)C(=O)OC)cc3)cc2)cc1. The highest BCUT2D eigenvalue weighted by atomic mass is 16.5. The van der Waals surface area contributed by atoms with E-state index in [0.717, 1.165) is 0 Å². The lowest BCUT2D eigenvalue weighted by atomic mass is 10.1. The fraction of sp³-hybridized carbons (Fsp3) is 0.0667. The Bertz CT molecular complexity index is 1450. The lowest BCUT2D eigenvalue weighted by Crippen LogP contribution is -2.11. The van der Waals surface area contributed by atoms with Gasteiger partial charge in [-0.2, -0.15) is 10.5 Å². The highest BCUT2D eigenvalue weighted by Crippen LogP contribution is 2.19. The Hall–Kier alpha value is -6.00. The summed E-state index contributed by atoms with van der Waals surface area (Å²) in [5, 5.41) is 18.1. The van der Waals surface area contributed by atoms with Crippen molar-refractivity contribution >= 4 is 36.0 Å². The molecule has 0 bridgehead atoms. The maximum atomic E-state index is 12.5. The Balaban J connectivity index is 1.61. The Morgan fingerprint density at radius 2 is 0.900 bits per heavy atom. The van der Waals surface area contributed by atoms with E-state index in [1.54, 1.807) is 36.4 Å². The van der Waals surface area contributed by atoms with Crippen molar-refractivity contribution in [2.45, 2.75) is 0 Å². The topological polar surface area (TPSA) is 153 Å². The maximum absolute atomic E-state index is 12.5. The second-order valence-electron chi connectivity index (χ2n) is 7.82. The minimum absolute atomic E-state index is 0.176. The van der Waals surface area contributed by atoms with Gasteiger partial charge in [0, 0.05) is 0 Å². The Morgan fingerprint density at radius 1 is 0.575 bits per heavy atom. The lowest BCUT2D eigenvalue weighted by molar-refractivity contribution is -0.136. The third-order valence-electron chi connectivity index (χ3n) is 5.21. The van der Waals surface area contributed by atoms with Gasteiger partial charge in [0.05, 0.1) is 25.3 Å². The zero-order valence-electron chi connectivity index (χ0n) is 21.2. The van der Waals surface area contributed by atoms with Crippen LogP contribution in [-0.2, 0) is 19.1 Å². The van der Waals surface area contributed by atoms with Crippen LogP contribution >= 0.6 is 0 Å². The summed E-state index contributed by atoms with van der Waals surface area (Å²) < 4.78 is 19.7. The van der Waals surface area contributed by atoms with Crippen molar-refractivity contribution in [3.05, 3.63) is 106 Å². The van der Waals surface area contributed by atoms with Gasteiger partial charge in [-0.15, -0.1) is 0 Å². The van der Waals surface area contributed by atoms with E-state index in [0.29, 0.717) is 11.1 Å². The van der Waals surface area contributed by atoms with Gasteiger partial charge < -0.3 is 18.9 Å². The first-order chi connectivity index (χ1) is 19.3. The van der Waals surface area contributed by atoms with Gasteiger partial charge in [-0.05, 0) is 71.8 Å². The van der Waals surface area contributed by atoms with Crippen LogP contribution in [0.15, 0.2) is 83.9 Å². The Labute approximate surface area is 228 Å². The minimum Gasteiger partial charge on any atom is -0.465 e. The number of carbonyl (C=O) groups excluding carboxylic acids is 4. The number of nitrogens with zero attached hydrogens (tertiary/aromatic N) is 2. The van der Waals surface area contributed by atoms with Crippen LogP contribution in [0.2, 0.25) is 0 Å². The molecule has 0 fully saturated rings. The average Bonchev–Trinajstić information content (AvgIpc) is 2.99. The number of hydrogen-bond donors (Lipinski definition) is 0. The molecule has 198 valence electrons. The van der Waals surface area contributed by atoms with Crippen molar-refractivity contribution in [1.82, 2.24) is 0 Å². The van der Waals surface area contributed by atoms with E-state index in [9.17, 15) is 19.2 Å². The number of benzene rings is 3. The monoisotopic (exact) mass is 536 g/mol. The summed E-state index contributed by atoms with van der Waals surface area (Å²) in [6, 6.07) is 21.4. The second kappa shape index (κ2) is 13.5. The smallest absolute Gasteiger partial charge is 0.348 e. The molecule has 0 aliphatic carbocycles. The van der Waals surface area contributed by atoms with Gasteiger partial charge in [-0.25, -0.2) is 19.2 Å². The molecule has 0 N–H and O–H groups in total. The molecule has 10 heteroatoms. The first-order valence-corrected chi connectivity index (χ1v) is 11.4. The highest BCUT2D eigenvalue weighted by molar-refractivity contribution is 5.98. The van der Waals surface area contributed by atoms with Crippen LogP contribution in [0.3, 0.4) is 0 Å². The summed E-state index contributed by atoms with van der Waals surface area (Å²) in [5.74, 6) is -2.39. The van der Waals surface area contributed by atoms with Crippen molar-refractivity contribution in [1.29, 1.82) is 10.5 Å². The van der Waals surface area contributed by atoms with E-state index in [4.69, 9.17) is 20.0 Å². The fourth-order valence-electron chi connectivity index (χ4n) is 3.17. The van der Waals surface area contributed by atoms with Gasteiger partial charge in [-0.1, -0.05) is 24.3 Å². The molecule has 0 saturated heterocycles. The molecule has 0 saturated carbocycles. The molecule has 3 aromatic carbocycles. The van der Waals surface area contributed by atoms with Gasteiger partial charge >= 0.3 is 23.9 Å². The summed E-state index contributed by atoms with van der Waals surface area (Å²) in [6.45, 7) is 0. The zero-order valence-corrected chi connectivity index (χ0v) is 21.2. The van der Waals surface area contributed by atoms with E-state index < -0.39 is 23.9 Å². The van der Waals surface area contributed by atoms with Crippen molar-refractivity contribution in [2.24, 2.45) is 0 Å². The van der Waals surface area contributed by atoms with E-state index in [2.05, 4.69) is 9.47 Å². The third-order valence-corrected chi connectivity index (χ3v) is 5.21. The maximum Gasteiger partial charge on any atom is 0.348 e. The van der Waals surface area contributed by atoms with Crippen molar-refractivity contribution in [3.8, 4) is 23.6 Å². The zero-order chi connectivity index (χ0) is 29.1. The highest BCUT2D eigenvalue weighted by Gasteiger charge is 2.14. The van der Waals surface area contributed by atoms with Crippen LogP contribution in [0.25, 0.3) is 12.2 Å². The first-order valence-electron chi connectivity index (χ1n) is 11.4. The van der Waals surface area contributed by atoms with Crippen molar-refractivity contribution in [3.63, 3.8) is 0 Å². The van der Waals surface area contributed by atoms with Gasteiger partial charge in [0.2, 0.25) is 0 Å². The molecule has 0 aliphatic rings.